The molecule has 0 saturated carbocycles. The lowest BCUT2D eigenvalue weighted by Crippen LogP contribution is -2.19. The molecule has 0 unspecified atom stereocenters. The highest BCUT2D eigenvalue weighted by Gasteiger charge is 2.10. The van der Waals surface area contributed by atoms with Crippen molar-refractivity contribution < 1.29 is 9.53 Å². The van der Waals surface area contributed by atoms with Gasteiger partial charge in [-0.3, -0.25) is 0 Å². The normalized spacial score (nSPS) is 10.5. The van der Waals surface area contributed by atoms with Crippen LogP contribution in [-0.4, -0.2) is 18.1 Å². The average molecular weight is 316 g/mol. The molecule has 5 nitrogen and oxygen atoms in total. The maximum Gasteiger partial charge on any atom is 0.323 e. The van der Waals surface area contributed by atoms with Crippen LogP contribution in [0.4, 0.5) is 16.2 Å². The van der Waals surface area contributed by atoms with Crippen molar-refractivity contribution in [1.82, 2.24) is 4.98 Å². The minimum atomic E-state index is -0.370. The van der Waals surface area contributed by atoms with Crippen LogP contribution < -0.4 is 15.4 Å². The summed E-state index contributed by atoms with van der Waals surface area (Å²) in [5.74, 6) is 0.540. The van der Waals surface area contributed by atoms with Gasteiger partial charge in [0.05, 0.1) is 18.5 Å². The smallest absolute Gasteiger partial charge is 0.323 e. The molecule has 6 heteroatoms. The summed E-state index contributed by atoms with van der Waals surface area (Å²) in [6, 6.07) is 12.4. The molecule has 0 fully saturated rings. The number of ether oxygens (including phenoxy) is 1. The molecule has 0 aliphatic rings. The summed E-state index contributed by atoms with van der Waals surface area (Å²) in [5, 5.41) is 6.99. The molecule has 2 aromatic carbocycles. The quantitative estimate of drug-likeness (QED) is 0.667. The van der Waals surface area contributed by atoms with Gasteiger partial charge in [0.1, 0.15) is 5.75 Å². The number of benzene rings is 2. The summed E-state index contributed by atoms with van der Waals surface area (Å²) in [6.07, 6.45) is 1.75. The van der Waals surface area contributed by atoms with E-state index < -0.39 is 0 Å². The molecule has 0 bridgehead atoms. The van der Waals surface area contributed by atoms with Gasteiger partial charge in [-0.25, -0.2) is 4.79 Å². The first-order valence-corrected chi connectivity index (χ1v) is 7.03. The lowest BCUT2D eigenvalue weighted by molar-refractivity contribution is 0.262. The number of methoxy groups -OCH3 is 1. The molecule has 2 amide bonds. The van der Waals surface area contributed by atoms with E-state index in [4.69, 9.17) is 16.3 Å². The van der Waals surface area contributed by atoms with Crippen molar-refractivity contribution in [3.8, 4) is 5.75 Å². The number of rotatable bonds is 3. The predicted octanol–water partition coefficient (Wildman–Crippen LogP) is 4.47. The van der Waals surface area contributed by atoms with Crippen molar-refractivity contribution in [3.63, 3.8) is 0 Å². The fourth-order valence-electron chi connectivity index (χ4n) is 2.23. The number of anilines is 2. The Bertz CT molecular complexity index is 829. The number of urea groups is 1. The van der Waals surface area contributed by atoms with E-state index in [1.54, 1.807) is 24.4 Å². The average Bonchev–Trinajstić information content (AvgIpc) is 2.91. The van der Waals surface area contributed by atoms with Gasteiger partial charge in [-0.2, -0.15) is 0 Å². The first-order valence-electron chi connectivity index (χ1n) is 6.65. The van der Waals surface area contributed by atoms with E-state index in [0.29, 0.717) is 22.1 Å². The van der Waals surface area contributed by atoms with Crippen LogP contribution in [0, 0.1) is 0 Å². The van der Waals surface area contributed by atoms with Crippen LogP contribution in [0.2, 0.25) is 5.02 Å². The second-order valence-corrected chi connectivity index (χ2v) is 5.11. The second-order valence-electron chi connectivity index (χ2n) is 4.67. The lowest BCUT2D eigenvalue weighted by Gasteiger charge is -2.11. The SMILES string of the molecule is COc1ccc(Cl)cc1NC(=O)Nc1c[nH]c2ccccc12. The summed E-state index contributed by atoms with van der Waals surface area (Å²) in [7, 11) is 1.53. The molecule has 3 N–H and O–H groups in total. The van der Waals surface area contributed by atoms with E-state index in [2.05, 4.69) is 15.6 Å². The second kappa shape index (κ2) is 5.99. The molecule has 22 heavy (non-hydrogen) atoms. The molecule has 0 spiro atoms. The molecule has 112 valence electrons. The predicted molar refractivity (Wildman–Crippen MR) is 88.9 cm³/mol. The zero-order valence-electron chi connectivity index (χ0n) is 11.8. The molecule has 1 aromatic heterocycles. The fraction of sp³-hybridized carbons (Fsp3) is 0.0625. The van der Waals surface area contributed by atoms with Gasteiger partial charge in [0.15, 0.2) is 0 Å². The number of nitrogens with one attached hydrogen (secondary N) is 3. The Kier molecular flexibility index (Phi) is 3.89. The first-order chi connectivity index (χ1) is 10.7. The first kappa shape index (κ1) is 14.3. The third kappa shape index (κ3) is 2.84. The monoisotopic (exact) mass is 315 g/mol. The number of fused-ring (bicyclic) bond motifs is 1. The van der Waals surface area contributed by atoms with Gasteiger partial charge in [0, 0.05) is 22.1 Å². The third-order valence-electron chi connectivity index (χ3n) is 3.25. The van der Waals surface area contributed by atoms with E-state index in [0.717, 1.165) is 10.9 Å². The Morgan fingerprint density at radius 1 is 1.14 bits per heavy atom. The number of hydrogen-bond donors (Lipinski definition) is 3. The van der Waals surface area contributed by atoms with E-state index in [-0.39, 0.29) is 6.03 Å². The lowest BCUT2D eigenvalue weighted by atomic mass is 10.2. The van der Waals surface area contributed by atoms with Crippen LogP contribution in [0.1, 0.15) is 0 Å². The molecule has 0 aliphatic carbocycles. The number of hydrogen-bond acceptors (Lipinski definition) is 2. The van der Waals surface area contributed by atoms with Crippen molar-refractivity contribution in [2.24, 2.45) is 0 Å². The van der Waals surface area contributed by atoms with Gasteiger partial charge in [-0.1, -0.05) is 29.8 Å². The minimum absolute atomic E-state index is 0.370. The molecule has 0 atom stereocenters. The van der Waals surface area contributed by atoms with Crippen molar-refractivity contribution in [2.75, 3.05) is 17.7 Å². The number of H-pyrrole nitrogens is 1. The van der Waals surface area contributed by atoms with Crippen molar-refractivity contribution in [2.45, 2.75) is 0 Å². The van der Waals surface area contributed by atoms with Crippen molar-refractivity contribution in [1.29, 1.82) is 0 Å². The van der Waals surface area contributed by atoms with E-state index >= 15 is 0 Å². The summed E-state index contributed by atoms with van der Waals surface area (Å²) in [5.41, 5.74) is 2.17. The highest BCUT2D eigenvalue weighted by Crippen LogP contribution is 2.28. The van der Waals surface area contributed by atoms with Gasteiger partial charge < -0.3 is 20.4 Å². The summed E-state index contributed by atoms with van der Waals surface area (Å²) in [4.78, 5) is 15.3. The number of carbonyl (C=O) groups excluding carboxylic acids is 1. The Hall–Kier alpha value is -2.66. The van der Waals surface area contributed by atoms with Gasteiger partial charge in [0.2, 0.25) is 0 Å². The summed E-state index contributed by atoms with van der Waals surface area (Å²) < 4.78 is 5.20. The highest BCUT2D eigenvalue weighted by atomic mass is 35.5. The number of carbonyl (C=O) groups is 1. The molecule has 0 saturated heterocycles. The summed E-state index contributed by atoms with van der Waals surface area (Å²) in [6.45, 7) is 0. The maximum atomic E-state index is 12.2. The van der Waals surface area contributed by atoms with Gasteiger partial charge in [0.25, 0.3) is 0 Å². The number of aromatic nitrogens is 1. The largest absolute Gasteiger partial charge is 0.495 e. The van der Waals surface area contributed by atoms with Gasteiger partial charge >= 0.3 is 6.03 Å². The number of para-hydroxylation sites is 1. The van der Waals surface area contributed by atoms with Gasteiger partial charge in [-0.15, -0.1) is 0 Å². The third-order valence-corrected chi connectivity index (χ3v) is 3.48. The molecular formula is C16H14ClN3O2. The molecule has 3 rings (SSSR count). The molecule has 0 aliphatic heterocycles. The molecule has 0 radical (unpaired) electrons. The van der Waals surface area contributed by atoms with Crippen molar-refractivity contribution in [3.05, 3.63) is 53.7 Å². The molecule has 1 heterocycles. The number of aromatic amines is 1. The Morgan fingerprint density at radius 2 is 1.91 bits per heavy atom. The number of amides is 2. The standard InChI is InChI=1S/C16H14ClN3O2/c1-22-15-7-6-10(17)8-13(15)19-16(21)20-14-9-18-12-5-3-2-4-11(12)14/h2-9,18H,1H3,(H2,19,20,21). The van der Waals surface area contributed by atoms with Gasteiger partial charge in [-0.05, 0) is 24.3 Å². The zero-order valence-corrected chi connectivity index (χ0v) is 12.6. The maximum absolute atomic E-state index is 12.2. The van der Waals surface area contributed by atoms with Crippen LogP contribution in [0.25, 0.3) is 10.9 Å². The highest BCUT2D eigenvalue weighted by molar-refractivity contribution is 6.31. The Labute approximate surface area is 132 Å². The van der Waals surface area contributed by atoms with E-state index in [1.807, 2.05) is 24.3 Å². The summed E-state index contributed by atoms with van der Waals surface area (Å²) >= 11 is 5.95. The number of halogens is 1. The molecule has 3 aromatic rings. The Morgan fingerprint density at radius 3 is 2.73 bits per heavy atom. The fourth-order valence-corrected chi connectivity index (χ4v) is 2.40. The molecular weight excluding hydrogens is 302 g/mol. The Balaban J connectivity index is 1.79. The van der Waals surface area contributed by atoms with Crippen LogP contribution in [0.5, 0.6) is 5.75 Å². The van der Waals surface area contributed by atoms with E-state index in [9.17, 15) is 4.79 Å². The zero-order chi connectivity index (χ0) is 15.5. The topological polar surface area (TPSA) is 66.2 Å². The minimum Gasteiger partial charge on any atom is -0.495 e. The van der Waals surface area contributed by atoms with Crippen molar-refractivity contribution >= 4 is 39.9 Å². The van der Waals surface area contributed by atoms with Crippen LogP contribution in [0.15, 0.2) is 48.7 Å². The van der Waals surface area contributed by atoms with E-state index in [1.165, 1.54) is 7.11 Å². The van der Waals surface area contributed by atoms with Crippen LogP contribution in [0.3, 0.4) is 0 Å². The van der Waals surface area contributed by atoms with Crippen LogP contribution in [-0.2, 0) is 0 Å². The van der Waals surface area contributed by atoms with Crippen LogP contribution >= 0.6 is 11.6 Å².